The predicted octanol–water partition coefficient (Wildman–Crippen LogP) is 4.93. The van der Waals surface area contributed by atoms with Gasteiger partial charge < -0.3 is 19.2 Å². The second kappa shape index (κ2) is 7.45. The zero-order chi connectivity index (χ0) is 18.8. The number of hydrogen-bond donors (Lipinski definition) is 1. The molecule has 1 saturated carbocycles. The van der Waals surface area contributed by atoms with Gasteiger partial charge in [-0.1, -0.05) is 12.1 Å². The molecule has 1 amide bonds. The Bertz CT molecular complexity index is 972. The van der Waals surface area contributed by atoms with Crippen LogP contribution in [0.1, 0.15) is 34.5 Å². The predicted molar refractivity (Wildman–Crippen MR) is 104 cm³/mol. The lowest BCUT2D eigenvalue weighted by molar-refractivity contribution is 0.0997. The molecule has 2 aromatic carbocycles. The topological polar surface area (TPSA) is 60.7 Å². The lowest BCUT2D eigenvalue weighted by Crippen LogP contribution is -2.12. The van der Waals surface area contributed by atoms with E-state index in [0.717, 1.165) is 40.5 Å². The Kier molecular flexibility index (Phi) is 4.86. The maximum Gasteiger partial charge on any atom is 0.291 e. The van der Waals surface area contributed by atoms with E-state index in [0.29, 0.717) is 18.0 Å². The number of carbonyl (C=O) groups excluding carboxylic acids is 1. The fourth-order valence-corrected chi connectivity index (χ4v) is 3.10. The highest BCUT2D eigenvalue weighted by Gasteiger charge is 2.21. The minimum atomic E-state index is -0.265. The molecule has 1 aliphatic rings. The zero-order valence-corrected chi connectivity index (χ0v) is 15.6. The third-order valence-corrected chi connectivity index (χ3v) is 4.85. The van der Waals surface area contributed by atoms with Gasteiger partial charge in [-0.15, -0.1) is 0 Å². The molecule has 0 unspecified atom stereocenters. The van der Waals surface area contributed by atoms with Crippen molar-refractivity contribution in [2.75, 3.05) is 19.0 Å². The van der Waals surface area contributed by atoms with Crippen LogP contribution in [0.5, 0.6) is 5.75 Å². The number of fused-ring (bicyclic) bond motifs is 1. The van der Waals surface area contributed by atoms with E-state index in [4.69, 9.17) is 13.9 Å². The number of methoxy groups -OCH3 is 1. The van der Waals surface area contributed by atoms with Gasteiger partial charge in [0.15, 0.2) is 5.76 Å². The fourth-order valence-electron chi connectivity index (χ4n) is 3.10. The summed E-state index contributed by atoms with van der Waals surface area (Å²) in [7, 11) is 1.62. The van der Waals surface area contributed by atoms with Gasteiger partial charge in [-0.05, 0) is 61.6 Å². The Morgan fingerprint density at radius 3 is 2.85 bits per heavy atom. The third kappa shape index (κ3) is 3.98. The summed E-state index contributed by atoms with van der Waals surface area (Å²) in [6.45, 7) is 3.25. The Hall–Kier alpha value is -2.79. The lowest BCUT2D eigenvalue weighted by atomic mass is 10.1. The Balaban J connectivity index is 1.48. The van der Waals surface area contributed by atoms with Crippen LogP contribution in [-0.2, 0) is 11.3 Å². The number of anilines is 1. The number of ether oxygens (including phenoxy) is 2. The second-order valence-electron chi connectivity index (χ2n) is 7.03. The monoisotopic (exact) mass is 365 g/mol. The minimum absolute atomic E-state index is 0.265. The van der Waals surface area contributed by atoms with E-state index in [1.54, 1.807) is 7.11 Å². The van der Waals surface area contributed by atoms with Crippen molar-refractivity contribution in [3.05, 3.63) is 59.4 Å². The van der Waals surface area contributed by atoms with Crippen LogP contribution < -0.4 is 10.1 Å². The Labute approximate surface area is 158 Å². The van der Waals surface area contributed by atoms with Crippen molar-refractivity contribution in [3.63, 3.8) is 0 Å². The number of hydrogen-bond acceptors (Lipinski definition) is 4. The number of rotatable bonds is 7. The van der Waals surface area contributed by atoms with Crippen molar-refractivity contribution in [2.24, 2.45) is 5.92 Å². The average molecular weight is 365 g/mol. The standard InChI is InChI=1S/C22H23NO4/c1-14-19-11-18(25-2)8-9-20(19)27-21(14)22(24)23-17-5-3-4-16(10-17)13-26-12-15-6-7-15/h3-5,8-11,15H,6-7,12-13H2,1-2H3,(H,23,24). The third-order valence-electron chi connectivity index (χ3n) is 4.85. The molecule has 1 heterocycles. The minimum Gasteiger partial charge on any atom is -0.497 e. The summed E-state index contributed by atoms with van der Waals surface area (Å²) in [5, 5.41) is 3.80. The van der Waals surface area contributed by atoms with E-state index in [1.807, 2.05) is 49.4 Å². The van der Waals surface area contributed by atoms with E-state index in [1.165, 1.54) is 12.8 Å². The van der Waals surface area contributed by atoms with Crippen LogP contribution in [0.15, 0.2) is 46.9 Å². The summed E-state index contributed by atoms with van der Waals surface area (Å²) in [5.41, 5.74) is 3.23. The quantitative estimate of drug-likeness (QED) is 0.645. The number of carbonyl (C=O) groups is 1. The summed E-state index contributed by atoms with van der Waals surface area (Å²) >= 11 is 0. The Morgan fingerprint density at radius 2 is 2.07 bits per heavy atom. The second-order valence-corrected chi connectivity index (χ2v) is 7.03. The molecule has 1 fully saturated rings. The van der Waals surface area contributed by atoms with Gasteiger partial charge in [0.1, 0.15) is 11.3 Å². The molecule has 0 bridgehead atoms. The van der Waals surface area contributed by atoms with Crippen LogP contribution >= 0.6 is 0 Å². The van der Waals surface area contributed by atoms with Crippen molar-refractivity contribution < 1.29 is 18.7 Å². The number of furan rings is 1. The van der Waals surface area contributed by atoms with Gasteiger partial charge in [-0.3, -0.25) is 4.79 Å². The van der Waals surface area contributed by atoms with E-state index in [-0.39, 0.29) is 5.91 Å². The summed E-state index contributed by atoms with van der Waals surface area (Å²) in [6, 6.07) is 13.2. The summed E-state index contributed by atoms with van der Waals surface area (Å²) < 4.78 is 16.7. The van der Waals surface area contributed by atoms with Crippen molar-refractivity contribution in [3.8, 4) is 5.75 Å². The summed E-state index contributed by atoms with van der Waals surface area (Å²) in [5.74, 6) is 1.52. The van der Waals surface area contributed by atoms with Crippen LogP contribution in [0.3, 0.4) is 0 Å². The molecule has 1 N–H and O–H groups in total. The molecule has 3 aromatic rings. The molecule has 1 aliphatic carbocycles. The van der Waals surface area contributed by atoms with Crippen molar-refractivity contribution in [1.82, 2.24) is 0 Å². The maximum atomic E-state index is 12.7. The van der Waals surface area contributed by atoms with Crippen LogP contribution in [0.2, 0.25) is 0 Å². The van der Waals surface area contributed by atoms with Crippen LogP contribution in [0, 0.1) is 12.8 Å². The highest BCUT2D eigenvalue weighted by atomic mass is 16.5. The van der Waals surface area contributed by atoms with E-state index < -0.39 is 0 Å². The van der Waals surface area contributed by atoms with Gasteiger partial charge in [0.2, 0.25) is 0 Å². The average Bonchev–Trinajstić information content (AvgIpc) is 3.44. The molecule has 0 spiro atoms. The SMILES string of the molecule is COc1ccc2oc(C(=O)Nc3cccc(COCC4CC4)c3)c(C)c2c1. The number of nitrogens with one attached hydrogen (secondary N) is 1. The van der Waals surface area contributed by atoms with E-state index in [2.05, 4.69) is 5.32 Å². The van der Waals surface area contributed by atoms with Crippen LogP contribution in [0.25, 0.3) is 11.0 Å². The number of aryl methyl sites for hydroxylation is 1. The highest BCUT2D eigenvalue weighted by Crippen LogP contribution is 2.30. The first-order valence-corrected chi connectivity index (χ1v) is 9.19. The van der Waals surface area contributed by atoms with E-state index >= 15 is 0 Å². The number of benzene rings is 2. The summed E-state index contributed by atoms with van der Waals surface area (Å²) in [4.78, 5) is 12.7. The normalized spacial score (nSPS) is 13.7. The van der Waals surface area contributed by atoms with Gasteiger partial charge in [0.05, 0.1) is 13.7 Å². The van der Waals surface area contributed by atoms with Gasteiger partial charge in [-0.25, -0.2) is 0 Å². The van der Waals surface area contributed by atoms with E-state index in [9.17, 15) is 4.79 Å². The number of amides is 1. The molecule has 4 rings (SSSR count). The van der Waals surface area contributed by atoms with Crippen molar-refractivity contribution >= 4 is 22.6 Å². The molecule has 140 valence electrons. The van der Waals surface area contributed by atoms with Gasteiger partial charge in [-0.2, -0.15) is 0 Å². The molecule has 5 nitrogen and oxygen atoms in total. The molecule has 0 saturated heterocycles. The summed E-state index contributed by atoms with van der Waals surface area (Å²) in [6.07, 6.45) is 2.55. The van der Waals surface area contributed by atoms with Gasteiger partial charge >= 0.3 is 0 Å². The molecule has 0 radical (unpaired) electrons. The molecule has 1 aromatic heterocycles. The first-order chi connectivity index (χ1) is 13.1. The molecule has 27 heavy (non-hydrogen) atoms. The van der Waals surface area contributed by atoms with Crippen LogP contribution in [0.4, 0.5) is 5.69 Å². The molecular weight excluding hydrogens is 342 g/mol. The Morgan fingerprint density at radius 1 is 1.22 bits per heavy atom. The molecular formula is C22H23NO4. The van der Waals surface area contributed by atoms with Crippen molar-refractivity contribution in [1.29, 1.82) is 0 Å². The molecule has 0 aliphatic heterocycles. The molecule has 5 heteroatoms. The van der Waals surface area contributed by atoms with Crippen LogP contribution in [-0.4, -0.2) is 19.6 Å². The smallest absolute Gasteiger partial charge is 0.291 e. The maximum absolute atomic E-state index is 12.7. The fraction of sp³-hybridized carbons (Fsp3) is 0.318. The largest absolute Gasteiger partial charge is 0.497 e. The highest BCUT2D eigenvalue weighted by molar-refractivity contribution is 6.06. The first-order valence-electron chi connectivity index (χ1n) is 9.19. The van der Waals surface area contributed by atoms with Gasteiger partial charge in [0.25, 0.3) is 5.91 Å². The van der Waals surface area contributed by atoms with Gasteiger partial charge in [0, 0.05) is 23.2 Å². The zero-order valence-electron chi connectivity index (χ0n) is 15.6. The molecule has 0 atom stereocenters. The lowest BCUT2D eigenvalue weighted by Gasteiger charge is -2.07. The first kappa shape index (κ1) is 17.6. The van der Waals surface area contributed by atoms with Crippen molar-refractivity contribution in [2.45, 2.75) is 26.4 Å².